The second-order valence-corrected chi connectivity index (χ2v) is 6.05. The van der Waals surface area contributed by atoms with Gasteiger partial charge in [-0.2, -0.15) is 0 Å². The molecule has 0 aromatic carbocycles. The van der Waals surface area contributed by atoms with E-state index in [1.807, 2.05) is 0 Å². The Morgan fingerprint density at radius 2 is 2.10 bits per heavy atom. The van der Waals surface area contributed by atoms with E-state index >= 15 is 0 Å². The maximum atomic E-state index is 3.33. The summed E-state index contributed by atoms with van der Waals surface area (Å²) in [7, 11) is 2.21. The van der Waals surface area contributed by atoms with Crippen molar-refractivity contribution in [1.82, 2.24) is 9.80 Å². The van der Waals surface area contributed by atoms with Crippen LogP contribution in [0.1, 0.15) is 45.4 Å². The van der Waals surface area contributed by atoms with Gasteiger partial charge in [-0.3, -0.25) is 9.80 Å². The normalized spacial score (nSPS) is 20.9. The first-order valence-electron chi connectivity index (χ1n) is 8.06. The molecule has 0 aromatic heterocycles. The number of allylic oxidation sites excluding steroid dienone is 3. The Balaban J connectivity index is 1.81. The minimum Gasteiger partial charge on any atom is -0.293 e. The number of hydrogen-bond acceptors (Lipinski definition) is 2. The SMILES string of the molecule is CCCCC#CC1=CC=C(CN2CCCN(C)C2)CC1. The van der Waals surface area contributed by atoms with Crippen LogP contribution in [0.3, 0.4) is 0 Å². The maximum Gasteiger partial charge on any atom is 0.0506 e. The summed E-state index contributed by atoms with van der Waals surface area (Å²) in [5.74, 6) is 6.63. The van der Waals surface area contributed by atoms with Gasteiger partial charge in [0.25, 0.3) is 0 Å². The molecule has 1 heterocycles. The number of rotatable bonds is 4. The van der Waals surface area contributed by atoms with Gasteiger partial charge in [-0.25, -0.2) is 0 Å². The molecule has 20 heavy (non-hydrogen) atoms. The summed E-state index contributed by atoms with van der Waals surface area (Å²) in [6.45, 7) is 6.96. The summed E-state index contributed by atoms with van der Waals surface area (Å²) in [6, 6.07) is 0. The van der Waals surface area contributed by atoms with Crippen LogP contribution >= 0.6 is 0 Å². The number of hydrogen-bond donors (Lipinski definition) is 0. The molecule has 0 bridgehead atoms. The van der Waals surface area contributed by atoms with Crippen molar-refractivity contribution in [2.75, 3.05) is 33.4 Å². The molecule has 1 aliphatic carbocycles. The first-order valence-corrected chi connectivity index (χ1v) is 8.06. The highest BCUT2D eigenvalue weighted by Gasteiger charge is 2.16. The largest absolute Gasteiger partial charge is 0.293 e. The Morgan fingerprint density at radius 3 is 2.80 bits per heavy atom. The van der Waals surface area contributed by atoms with Gasteiger partial charge in [0.1, 0.15) is 0 Å². The predicted octanol–water partition coefficient (Wildman–Crippen LogP) is 3.42. The van der Waals surface area contributed by atoms with E-state index in [0.717, 1.165) is 26.1 Å². The lowest BCUT2D eigenvalue weighted by atomic mass is 9.98. The molecule has 1 aliphatic heterocycles. The average molecular weight is 272 g/mol. The fourth-order valence-electron chi connectivity index (χ4n) is 2.82. The molecular weight excluding hydrogens is 244 g/mol. The Bertz CT molecular complexity index is 422. The Hall–Kier alpha value is -1.04. The fourth-order valence-corrected chi connectivity index (χ4v) is 2.82. The highest BCUT2D eigenvalue weighted by molar-refractivity contribution is 5.36. The lowest BCUT2D eigenvalue weighted by Gasteiger charge is -2.34. The van der Waals surface area contributed by atoms with Crippen molar-refractivity contribution in [2.24, 2.45) is 0 Å². The van der Waals surface area contributed by atoms with E-state index in [1.54, 1.807) is 5.57 Å². The molecular formula is C18H28N2. The Labute approximate surface area is 124 Å². The molecule has 1 saturated heterocycles. The van der Waals surface area contributed by atoms with Crippen LogP contribution in [0.5, 0.6) is 0 Å². The van der Waals surface area contributed by atoms with E-state index in [4.69, 9.17) is 0 Å². The van der Waals surface area contributed by atoms with Crippen LogP contribution in [0.2, 0.25) is 0 Å². The molecule has 0 radical (unpaired) electrons. The van der Waals surface area contributed by atoms with Crippen LogP contribution in [0.25, 0.3) is 0 Å². The summed E-state index contributed by atoms with van der Waals surface area (Å²) in [4.78, 5) is 4.97. The summed E-state index contributed by atoms with van der Waals surface area (Å²) >= 11 is 0. The molecule has 2 nitrogen and oxygen atoms in total. The fraction of sp³-hybridized carbons (Fsp3) is 0.667. The summed E-state index contributed by atoms with van der Waals surface area (Å²) in [5, 5.41) is 0. The third-order valence-corrected chi connectivity index (χ3v) is 4.02. The molecule has 2 heteroatoms. The van der Waals surface area contributed by atoms with Gasteiger partial charge in [0.2, 0.25) is 0 Å². The van der Waals surface area contributed by atoms with E-state index in [-0.39, 0.29) is 0 Å². The zero-order valence-corrected chi connectivity index (χ0v) is 13.1. The monoisotopic (exact) mass is 272 g/mol. The Morgan fingerprint density at radius 1 is 1.20 bits per heavy atom. The van der Waals surface area contributed by atoms with Crippen LogP contribution in [0.15, 0.2) is 23.3 Å². The maximum absolute atomic E-state index is 3.33. The molecule has 0 spiro atoms. The summed E-state index contributed by atoms with van der Waals surface area (Å²) < 4.78 is 0. The zero-order chi connectivity index (χ0) is 14.2. The highest BCUT2D eigenvalue weighted by Crippen LogP contribution is 2.19. The van der Waals surface area contributed by atoms with Crippen LogP contribution in [0, 0.1) is 11.8 Å². The first kappa shape index (κ1) is 15.4. The second kappa shape index (κ2) is 8.29. The quantitative estimate of drug-likeness (QED) is 0.571. The molecule has 1 fully saturated rings. The minimum atomic E-state index is 1.05. The molecule has 0 atom stereocenters. The number of unbranched alkanes of at least 4 members (excludes halogenated alkanes) is 2. The van der Waals surface area contributed by atoms with Crippen molar-refractivity contribution in [1.29, 1.82) is 0 Å². The molecule has 2 aliphatic rings. The van der Waals surface area contributed by atoms with Gasteiger partial charge < -0.3 is 0 Å². The third kappa shape index (κ3) is 5.15. The van der Waals surface area contributed by atoms with E-state index in [0.29, 0.717) is 0 Å². The standard InChI is InChI=1S/C18H28N2/c1-3-4-5-6-8-17-9-11-18(12-10-17)15-20-14-7-13-19(2)16-20/h9,11H,3-5,7,10,12-16H2,1-2H3. The van der Waals surface area contributed by atoms with Crippen molar-refractivity contribution >= 4 is 0 Å². The van der Waals surface area contributed by atoms with E-state index < -0.39 is 0 Å². The molecule has 0 N–H and O–H groups in total. The van der Waals surface area contributed by atoms with E-state index in [9.17, 15) is 0 Å². The topological polar surface area (TPSA) is 6.48 Å². The average Bonchev–Trinajstić information content (AvgIpc) is 2.45. The summed E-state index contributed by atoms with van der Waals surface area (Å²) in [6.07, 6.45) is 11.7. The first-order chi connectivity index (χ1) is 9.78. The van der Waals surface area contributed by atoms with Crippen molar-refractivity contribution in [3.63, 3.8) is 0 Å². The van der Waals surface area contributed by atoms with Crippen molar-refractivity contribution in [2.45, 2.75) is 45.4 Å². The molecule has 110 valence electrons. The third-order valence-electron chi connectivity index (χ3n) is 4.02. The molecule has 0 amide bonds. The number of nitrogens with zero attached hydrogens (tertiary/aromatic N) is 2. The molecule has 0 aromatic rings. The van der Waals surface area contributed by atoms with Crippen LogP contribution in [0.4, 0.5) is 0 Å². The lowest BCUT2D eigenvalue weighted by Crippen LogP contribution is -2.43. The van der Waals surface area contributed by atoms with Crippen molar-refractivity contribution in [3.05, 3.63) is 23.3 Å². The van der Waals surface area contributed by atoms with Crippen LogP contribution in [-0.2, 0) is 0 Å². The van der Waals surface area contributed by atoms with Crippen LogP contribution in [-0.4, -0.2) is 43.2 Å². The lowest BCUT2D eigenvalue weighted by molar-refractivity contribution is 0.116. The highest BCUT2D eigenvalue weighted by atomic mass is 15.3. The second-order valence-electron chi connectivity index (χ2n) is 6.05. The minimum absolute atomic E-state index is 1.05. The molecule has 0 saturated carbocycles. The van der Waals surface area contributed by atoms with Gasteiger partial charge in [0.15, 0.2) is 0 Å². The van der Waals surface area contributed by atoms with Crippen LogP contribution < -0.4 is 0 Å². The van der Waals surface area contributed by atoms with Gasteiger partial charge in [-0.1, -0.05) is 42.9 Å². The van der Waals surface area contributed by atoms with Gasteiger partial charge in [0.05, 0.1) is 6.67 Å². The van der Waals surface area contributed by atoms with Gasteiger partial charge >= 0.3 is 0 Å². The van der Waals surface area contributed by atoms with Gasteiger partial charge in [-0.15, -0.1) is 0 Å². The van der Waals surface area contributed by atoms with Crippen molar-refractivity contribution < 1.29 is 0 Å². The Kier molecular flexibility index (Phi) is 6.36. The molecule has 2 rings (SSSR count). The predicted molar refractivity (Wildman–Crippen MR) is 86.4 cm³/mol. The van der Waals surface area contributed by atoms with E-state index in [1.165, 1.54) is 44.3 Å². The van der Waals surface area contributed by atoms with E-state index in [2.05, 4.69) is 47.8 Å². The zero-order valence-electron chi connectivity index (χ0n) is 13.1. The smallest absolute Gasteiger partial charge is 0.0506 e. The van der Waals surface area contributed by atoms with Crippen molar-refractivity contribution in [3.8, 4) is 11.8 Å². The molecule has 0 unspecified atom stereocenters. The van der Waals surface area contributed by atoms with Gasteiger partial charge in [-0.05, 0) is 32.7 Å². The summed E-state index contributed by atoms with van der Waals surface area (Å²) in [5.41, 5.74) is 2.89. The van der Waals surface area contributed by atoms with Gasteiger partial charge in [0, 0.05) is 31.6 Å².